The molecule has 0 atom stereocenters. The van der Waals surface area contributed by atoms with E-state index in [1.165, 1.54) is 11.3 Å². The number of nitrogens with one attached hydrogen (secondary N) is 2. The van der Waals surface area contributed by atoms with E-state index in [0.29, 0.717) is 5.00 Å². The second kappa shape index (κ2) is 7.07. The first-order valence-electron chi connectivity index (χ1n) is 6.21. The van der Waals surface area contributed by atoms with Crippen molar-refractivity contribution in [2.75, 3.05) is 11.9 Å². The highest BCUT2D eigenvalue weighted by Crippen LogP contribution is 2.21. The molecule has 21 heavy (non-hydrogen) atoms. The van der Waals surface area contributed by atoms with Crippen molar-refractivity contribution < 1.29 is 24.2 Å². The minimum absolute atomic E-state index is 0.117. The predicted octanol–water partition coefficient (Wildman–Crippen LogP) is 1.84. The lowest BCUT2D eigenvalue weighted by Crippen LogP contribution is -2.32. The molecule has 3 N–H and O–H groups in total. The monoisotopic (exact) mass is 314 g/mol. The summed E-state index contributed by atoms with van der Waals surface area (Å²) in [7, 11) is 0. The molecule has 116 valence electrons. The van der Waals surface area contributed by atoms with E-state index in [9.17, 15) is 14.4 Å². The molecule has 7 nitrogen and oxygen atoms in total. The number of hydrogen-bond acceptors (Lipinski definition) is 5. The van der Waals surface area contributed by atoms with Crippen LogP contribution in [0.1, 0.15) is 26.3 Å². The Morgan fingerprint density at radius 1 is 1.33 bits per heavy atom. The van der Waals surface area contributed by atoms with Gasteiger partial charge in [0, 0.05) is 0 Å². The molecule has 0 radical (unpaired) electrons. The van der Waals surface area contributed by atoms with E-state index in [1.807, 2.05) is 0 Å². The van der Waals surface area contributed by atoms with E-state index in [4.69, 9.17) is 9.84 Å². The minimum Gasteiger partial charge on any atom is -0.480 e. The highest BCUT2D eigenvalue weighted by molar-refractivity contribution is 7.14. The number of amides is 2. The maximum atomic E-state index is 11.7. The van der Waals surface area contributed by atoms with Crippen LogP contribution in [0.25, 0.3) is 0 Å². The van der Waals surface area contributed by atoms with Crippen molar-refractivity contribution in [3.05, 3.63) is 17.0 Å². The van der Waals surface area contributed by atoms with E-state index < -0.39 is 24.1 Å². The molecule has 0 saturated heterocycles. The Labute approximate surface area is 126 Å². The van der Waals surface area contributed by atoms with Crippen molar-refractivity contribution in [3.8, 4) is 0 Å². The molecule has 1 heterocycles. The van der Waals surface area contributed by atoms with Gasteiger partial charge in [-0.2, -0.15) is 0 Å². The number of carbonyl (C=O) groups is 3. The number of carboxylic acid groups (broad SMARTS) is 1. The fraction of sp³-hybridized carbons (Fsp3) is 0.462. The highest BCUT2D eigenvalue weighted by atomic mass is 32.1. The van der Waals surface area contributed by atoms with Crippen LogP contribution < -0.4 is 10.6 Å². The molecule has 0 aromatic carbocycles. The maximum Gasteiger partial charge on any atom is 0.323 e. The zero-order valence-corrected chi connectivity index (χ0v) is 12.9. The minimum atomic E-state index is -1.12. The summed E-state index contributed by atoms with van der Waals surface area (Å²) in [5.74, 6) is -1.47. The fourth-order valence-electron chi connectivity index (χ4n) is 1.39. The zero-order valence-electron chi connectivity index (χ0n) is 12.1. The van der Waals surface area contributed by atoms with Crippen LogP contribution in [0, 0.1) is 0 Å². The first-order valence-corrected chi connectivity index (χ1v) is 7.09. The Bertz CT molecular complexity index is 533. The number of esters is 1. The van der Waals surface area contributed by atoms with E-state index >= 15 is 0 Å². The third kappa shape index (κ3) is 7.31. The van der Waals surface area contributed by atoms with Gasteiger partial charge in [0.1, 0.15) is 12.1 Å². The lowest BCUT2D eigenvalue weighted by molar-refractivity contribution is -0.153. The van der Waals surface area contributed by atoms with Crippen molar-refractivity contribution >= 4 is 34.3 Å². The first kappa shape index (κ1) is 17.0. The number of anilines is 1. The Morgan fingerprint density at radius 2 is 2.00 bits per heavy atom. The molecule has 0 aliphatic heterocycles. The van der Waals surface area contributed by atoms with Crippen LogP contribution in [0.2, 0.25) is 0 Å². The Balaban J connectivity index is 2.48. The van der Waals surface area contributed by atoms with Crippen LogP contribution in [-0.4, -0.2) is 35.2 Å². The van der Waals surface area contributed by atoms with Gasteiger partial charge in [0.25, 0.3) is 0 Å². The van der Waals surface area contributed by atoms with E-state index in [0.717, 1.165) is 5.56 Å². The first-order chi connectivity index (χ1) is 9.65. The lowest BCUT2D eigenvalue weighted by atomic mass is 10.2. The van der Waals surface area contributed by atoms with Crippen molar-refractivity contribution in [1.29, 1.82) is 0 Å². The smallest absolute Gasteiger partial charge is 0.323 e. The number of hydrogen-bond donors (Lipinski definition) is 3. The quantitative estimate of drug-likeness (QED) is 0.719. The maximum absolute atomic E-state index is 11.7. The van der Waals surface area contributed by atoms with Crippen LogP contribution in [0.3, 0.4) is 0 Å². The van der Waals surface area contributed by atoms with Gasteiger partial charge in [-0.15, -0.1) is 11.3 Å². The van der Waals surface area contributed by atoms with Crippen molar-refractivity contribution in [2.45, 2.75) is 32.8 Å². The van der Waals surface area contributed by atoms with E-state index in [-0.39, 0.29) is 12.4 Å². The van der Waals surface area contributed by atoms with Gasteiger partial charge in [-0.25, -0.2) is 4.79 Å². The summed E-state index contributed by atoms with van der Waals surface area (Å²) in [5.41, 5.74) is 0.188. The molecule has 0 spiro atoms. The highest BCUT2D eigenvalue weighted by Gasteiger charge is 2.17. The number of carbonyl (C=O) groups excluding carboxylic acids is 2. The molecule has 1 rings (SSSR count). The lowest BCUT2D eigenvalue weighted by Gasteiger charge is -2.19. The summed E-state index contributed by atoms with van der Waals surface area (Å²) in [5, 5.41) is 15.4. The van der Waals surface area contributed by atoms with Gasteiger partial charge < -0.3 is 15.2 Å². The molecule has 0 bridgehead atoms. The molecule has 1 aromatic rings. The van der Waals surface area contributed by atoms with Crippen LogP contribution >= 0.6 is 11.3 Å². The summed E-state index contributed by atoms with van der Waals surface area (Å²) in [6, 6.07) is 1.04. The van der Waals surface area contributed by atoms with E-state index in [2.05, 4.69) is 10.6 Å². The molecule has 0 aliphatic rings. The van der Waals surface area contributed by atoms with Gasteiger partial charge in [-0.05, 0) is 37.8 Å². The van der Waals surface area contributed by atoms with Crippen LogP contribution in [0.15, 0.2) is 11.4 Å². The number of aliphatic carboxylic acids is 1. The second-order valence-corrected chi connectivity index (χ2v) is 6.20. The zero-order chi connectivity index (χ0) is 16.0. The molecule has 0 aliphatic carbocycles. The molecule has 2 amide bonds. The normalized spacial score (nSPS) is 10.8. The summed E-state index contributed by atoms with van der Waals surface area (Å²) in [6.07, 6.45) is 0.117. The van der Waals surface area contributed by atoms with E-state index in [1.54, 1.807) is 32.2 Å². The summed E-state index contributed by atoms with van der Waals surface area (Å²) >= 11 is 1.24. The molecular formula is C13H18N2O5S. The second-order valence-electron chi connectivity index (χ2n) is 5.28. The molecule has 0 fully saturated rings. The largest absolute Gasteiger partial charge is 0.480 e. The third-order valence-corrected chi connectivity index (χ3v) is 2.95. The number of urea groups is 1. The summed E-state index contributed by atoms with van der Waals surface area (Å²) in [6.45, 7) is 4.91. The molecular weight excluding hydrogens is 296 g/mol. The van der Waals surface area contributed by atoms with Gasteiger partial charge in [0.2, 0.25) is 0 Å². The van der Waals surface area contributed by atoms with Crippen LogP contribution in [-0.2, 0) is 20.7 Å². The summed E-state index contributed by atoms with van der Waals surface area (Å²) < 4.78 is 5.20. The SMILES string of the molecule is CC(C)(C)OC(=O)Cc1csc(NC(=O)NCC(=O)O)c1. The predicted molar refractivity (Wildman–Crippen MR) is 78.5 cm³/mol. The topological polar surface area (TPSA) is 105 Å². The van der Waals surface area contributed by atoms with Crippen molar-refractivity contribution in [1.82, 2.24) is 5.32 Å². The molecule has 0 saturated carbocycles. The number of rotatable bonds is 5. The average molecular weight is 314 g/mol. The number of carboxylic acids is 1. The molecule has 8 heteroatoms. The van der Waals surface area contributed by atoms with Crippen LogP contribution in [0.4, 0.5) is 9.80 Å². The number of ether oxygens (including phenoxy) is 1. The van der Waals surface area contributed by atoms with Crippen molar-refractivity contribution in [3.63, 3.8) is 0 Å². The molecule has 0 unspecified atom stereocenters. The van der Waals surface area contributed by atoms with Crippen molar-refractivity contribution in [2.24, 2.45) is 0 Å². The average Bonchev–Trinajstić information content (AvgIpc) is 2.71. The Kier molecular flexibility index (Phi) is 5.71. The van der Waals surface area contributed by atoms with Gasteiger partial charge in [-0.1, -0.05) is 0 Å². The van der Waals surface area contributed by atoms with Gasteiger partial charge in [0.05, 0.1) is 11.4 Å². The molecule has 1 aromatic heterocycles. The fourth-order valence-corrected chi connectivity index (χ4v) is 2.19. The van der Waals surface area contributed by atoms with Gasteiger partial charge >= 0.3 is 18.0 Å². The third-order valence-electron chi connectivity index (χ3n) is 2.06. The summed E-state index contributed by atoms with van der Waals surface area (Å²) in [4.78, 5) is 33.3. The Morgan fingerprint density at radius 3 is 2.57 bits per heavy atom. The standard InChI is InChI=1S/C13H18N2O5S/c1-13(2,3)20-11(18)5-8-4-9(21-7-8)15-12(19)14-6-10(16)17/h4,7H,5-6H2,1-3H3,(H,16,17)(H2,14,15,19). The van der Waals surface area contributed by atoms with Gasteiger partial charge in [0.15, 0.2) is 0 Å². The Hall–Kier alpha value is -2.09. The number of thiophene rings is 1. The van der Waals surface area contributed by atoms with Gasteiger partial charge in [-0.3, -0.25) is 14.9 Å². The van der Waals surface area contributed by atoms with Crippen LogP contribution in [0.5, 0.6) is 0 Å².